The van der Waals surface area contributed by atoms with Gasteiger partial charge in [0.2, 0.25) is 5.91 Å². The van der Waals surface area contributed by atoms with Crippen LogP contribution in [0.15, 0.2) is 30.3 Å². The number of carbonyl (C=O) groups excluding carboxylic acids is 1. The number of thioether (sulfide) groups is 1. The van der Waals surface area contributed by atoms with Crippen molar-refractivity contribution in [3.8, 4) is 0 Å². The number of carbonyl (C=O) groups is 1. The molecule has 4 heteroatoms. The summed E-state index contributed by atoms with van der Waals surface area (Å²) >= 11 is 1.71. The zero-order valence-electron chi connectivity index (χ0n) is 12.6. The van der Waals surface area contributed by atoms with Crippen molar-refractivity contribution in [2.75, 3.05) is 13.1 Å². The van der Waals surface area contributed by atoms with E-state index in [1.807, 2.05) is 25.1 Å². The summed E-state index contributed by atoms with van der Waals surface area (Å²) < 4.78 is 0. The molecule has 1 aromatic rings. The molecule has 0 unspecified atom stereocenters. The molecule has 21 heavy (non-hydrogen) atoms. The maximum atomic E-state index is 12.3. The first-order valence-corrected chi connectivity index (χ1v) is 8.97. The van der Waals surface area contributed by atoms with E-state index in [0.717, 1.165) is 31.3 Å². The molecule has 2 aliphatic rings. The van der Waals surface area contributed by atoms with Gasteiger partial charge >= 0.3 is 0 Å². The number of rotatable bonds is 6. The monoisotopic (exact) mass is 304 g/mol. The summed E-state index contributed by atoms with van der Waals surface area (Å²) in [7, 11) is 0. The van der Waals surface area contributed by atoms with Crippen molar-refractivity contribution < 1.29 is 4.79 Å². The van der Waals surface area contributed by atoms with Crippen molar-refractivity contribution in [2.24, 2.45) is 0 Å². The Morgan fingerprint density at radius 2 is 2.10 bits per heavy atom. The van der Waals surface area contributed by atoms with E-state index in [1.165, 1.54) is 18.4 Å². The second-order valence-corrected chi connectivity index (χ2v) is 7.49. The van der Waals surface area contributed by atoms with Gasteiger partial charge < -0.3 is 5.32 Å². The quantitative estimate of drug-likeness (QED) is 0.877. The highest BCUT2D eigenvalue weighted by Gasteiger charge is 2.35. The Morgan fingerprint density at radius 3 is 2.81 bits per heavy atom. The van der Waals surface area contributed by atoms with Gasteiger partial charge in [-0.3, -0.25) is 9.69 Å². The second kappa shape index (κ2) is 6.84. The summed E-state index contributed by atoms with van der Waals surface area (Å²) in [6, 6.07) is 11.5. The average Bonchev–Trinajstić information content (AvgIpc) is 3.26. The lowest BCUT2D eigenvalue weighted by Crippen LogP contribution is -2.41. The first-order chi connectivity index (χ1) is 10.2. The average molecular weight is 304 g/mol. The number of nitrogens with one attached hydrogen (secondary N) is 1. The molecule has 1 aliphatic heterocycles. The molecule has 1 heterocycles. The molecule has 0 aromatic heterocycles. The van der Waals surface area contributed by atoms with Crippen LogP contribution in [-0.4, -0.2) is 41.2 Å². The molecule has 1 N–H and O–H groups in total. The van der Waals surface area contributed by atoms with E-state index >= 15 is 0 Å². The maximum Gasteiger partial charge on any atom is 0.233 e. The van der Waals surface area contributed by atoms with Crippen molar-refractivity contribution in [3.63, 3.8) is 0 Å². The molecule has 1 aromatic carbocycles. The van der Waals surface area contributed by atoms with Gasteiger partial charge in [-0.1, -0.05) is 30.3 Å². The van der Waals surface area contributed by atoms with Gasteiger partial charge in [0.1, 0.15) is 0 Å². The maximum absolute atomic E-state index is 12.3. The van der Waals surface area contributed by atoms with E-state index in [2.05, 4.69) is 22.3 Å². The molecule has 1 amide bonds. The van der Waals surface area contributed by atoms with Crippen LogP contribution in [0.5, 0.6) is 0 Å². The predicted molar refractivity (Wildman–Crippen MR) is 88.3 cm³/mol. The number of nitrogens with zero attached hydrogens (tertiary/aromatic N) is 1. The van der Waals surface area contributed by atoms with Crippen LogP contribution in [0.4, 0.5) is 0 Å². The molecule has 0 bridgehead atoms. The Bertz CT molecular complexity index is 475. The minimum atomic E-state index is 0.0141. The minimum Gasteiger partial charge on any atom is -0.351 e. The van der Waals surface area contributed by atoms with E-state index in [9.17, 15) is 4.79 Å². The highest BCUT2D eigenvalue weighted by molar-refractivity contribution is 7.99. The van der Waals surface area contributed by atoms with Crippen LogP contribution in [-0.2, 0) is 10.5 Å². The van der Waals surface area contributed by atoms with Crippen molar-refractivity contribution in [2.45, 2.75) is 49.3 Å². The third-order valence-corrected chi connectivity index (χ3v) is 5.56. The number of likely N-dealkylation sites (tertiary alicyclic amines) is 1. The molecular weight excluding hydrogens is 280 g/mol. The molecule has 2 atom stereocenters. The molecule has 0 radical (unpaired) electrons. The van der Waals surface area contributed by atoms with Crippen LogP contribution in [0.3, 0.4) is 0 Å². The molecule has 1 saturated carbocycles. The van der Waals surface area contributed by atoms with Crippen LogP contribution < -0.4 is 5.32 Å². The second-order valence-electron chi connectivity index (χ2n) is 6.16. The molecule has 1 aliphatic carbocycles. The summed E-state index contributed by atoms with van der Waals surface area (Å²) in [6.07, 6.45) is 3.81. The summed E-state index contributed by atoms with van der Waals surface area (Å²) in [6.45, 7) is 4.21. The summed E-state index contributed by atoms with van der Waals surface area (Å²) in [4.78, 5) is 14.8. The largest absolute Gasteiger partial charge is 0.351 e. The SMILES string of the molecule is C[C@@H](SCc1ccccc1)C(=O)N[C@@H]1CCN(C2CC2)C1. The lowest BCUT2D eigenvalue weighted by Gasteiger charge is -2.18. The van der Waals surface area contributed by atoms with Gasteiger partial charge in [0.15, 0.2) is 0 Å². The van der Waals surface area contributed by atoms with Gasteiger partial charge in [-0.15, -0.1) is 11.8 Å². The number of hydrogen-bond acceptors (Lipinski definition) is 3. The molecule has 0 spiro atoms. The van der Waals surface area contributed by atoms with Crippen molar-refractivity contribution in [3.05, 3.63) is 35.9 Å². The lowest BCUT2D eigenvalue weighted by molar-refractivity contribution is -0.120. The van der Waals surface area contributed by atoms with Crippen LogP contribution >= 0.6 is 11.8 Å². The van der Waals surface area contributed by atoms with Crippen molar-refractivity contribution >= 4 is 17.7 Å². The molecule has 3 nitrogen and oxygen atoms in total. The number of amides is 1. The third kappa shape index (κ3) is 4.24. The van der Waals surface area contributed by atoms with Gasteiger partial charge in [-0.25, -0.2) is 0 Å². The van der Waals surface area contributed by atoms with Gasteiger partial charge in [-0.2, -0.15) is 0 Å². The Labute approximate surface area is 131 Å². The first kappa shape index (κ1) is 14.9. The van der Waals surface area contributed by atoms with Crippen molar-refractivity contribution in [1.29, 1.82) is 0 Å². The number of benzene rings is 1. The Hall–Kier alpha value is -1.00. The Balaban J connectivity index is 1.40. The fraction of sp³-hybridized carbons (Fsp3) is 0.588. The van der Waals surface area contributed by atoms with E-state index in [0.29, 0.717) is 6.04 Å². The molecule has 1 saturated heterocycles. The van der Waals surface area contributed by atoms with E-state index in [-0.39, 0.29) is 11.2 Å². The highest BCUT2D eigenvalue weighted by atomic mass is 32.2. The highest BCUT2D eigenvalue weighted by Crippen LogP contribution is 2.30. The fourth-order valence-electron chi connectivity index (χ4n) is 2.87. The zero-order valence-corrected chi connectivity index (χ0v) is 13.4. The Kier molecular flexibility index (Phi) is 4.86. The molecular formula is C17H24N2OS. The molecule has 114 valence electrons. The molecule has 2 fully saturated rings. The van der Waals surface area contributed by atoms with Gasteiger partial charge in [0.05, 0.1) is 5.25 Å². The zero-order chi connectivity index (χ0) is 14.7. The predicted octanol–water partition coefficient (Wildman–Crippen LogP) is 2.66. The minimum absolute atomic E-state index is 0.0141. The van der Waals surface area contributed by atoms with Gasteiger partial charge in [0.25, 0.3) is 0 Å². The fourth-order valence-corrected chi connectivity index (χ4v) is 3.72. The van der Waals surface area contributed by atoms with E-state index in [1.54, 1.807) is 11.8 Å². The number of hydrogen-bond donors (Lipinski definition) is 1. The third-order valence-electron chi connectivity index (χ3n) is 4.34. The van der Waals surface area contributed by atoms with Crippen LogP contribution in [0.2, 0.25) is 0 Å². The lowest BCUT2D eigenvalue weighted by atomic mass is 10.2. The van der Waals surface area contributed by atoms with Crippen LogP contribution in [0, 0.1) is 0 Å². The van der Waals surface area contributed by atoms with E-state index < -0.39 is 0 Å². The Morgan fingerprint density at radius 1 is 1.33 bits per heavy atom. The summed E-state index contributed by atoms with van der Waals surface area (Å²) in [5.74, 6) is 1.09. The standard InChI is InChI=1S/C17H24N2OS/c1-13(21-12-14-5-3-2-4-6-14)17(20)18-15-9-10-19(11-15)16-7-8-16/h2-6,13,15-16H,7-12H2,1H3,(H,18,20)/t13-,15-/m1/s1. The topological polar surface area (TPSA) is 32.3 Å². The van der Waals surface area contributed by atoms with Gasteiger partial charge in [-0.05, 0) is 31.7 Å². The first-order valence-electron chi connectivity index (χ1n) is 7.92. The normalized spacial score (nSPS) is 24.0. The van der Waals surface area contributed by atoms with E-state index in [4.69, 9.17) is 0 Å². The van der Waals surface area contributed by atoms with Crippen LogP contribution in [0.1, 0.15) is 31.7 Å². The smallest absolute Gasteiger partial charge is 0.233 e. The van der Waals surface area contributed by atoms with Crippen LogP contribution in [0.25, 0.3) is 0 Å². The summed E-state index contributed by atoms with van der Waals surface area (Å²) in [5, 5.41) is 3.24. The molecule has 3 rings (SSSR count). The summed E-state index contributed by atoms with van der Waals surface area (Å²) in [5.41, 5.74) is 1.28. The van der Waals surface area contributed by atoms with Gasteiger partial charge in [0, 0.05) is 30.9 Å². The van der Waals surface area contributed by atoms with Crippen molar-refractivity contribution in [1.82, 2.24) is 10.2 Å².